The SMILES string of the molecule is CC(C)(Cc1cn(-c2cccc(Cl)c2)cn1)c1cnc(-c2ccncc2)[nH]1. The van der Waals surface area contributed by atoms with E-state index >= 15 is 0 Å². The standard InChI is InChI=1S/C21H20ClN5/c1-21(2,19-12-24-20(26-19)15-6-8-23-9-7-15)11-17-13-27(14-25-17)18-5-3-4-16(22)10-18/h3-10,12-14H,11H2,1-2H3,(H,24,26). The van der Waals surface area contributed by atoms with Gasteiger partial charge >= 0.3 is 0 Å². The van der Waals surface area contributed by atoms with Crippen molar-refractivity contribution in [3.8, 4) is 17.1 Å². The number of rotatable bonds is 5. The molecule has 0 aliphatic heterocycles. The summed E-state index contributed by atoms with van der Waals surface area (Å²) in [6.07, 6.45) is 10.1. The minimum absolute atomic E-state index is 0.133. The van der Waals surface area contributed by atoms with E-state index in [0.29, 0.717) is 5.02 Å². The van der Waals surface area contributed by atoms with E-state index in [-0.39, 0.29) is 5.41 Å². The third-order valence-electron chi connectivity index (χ3n) is 4.62. The zero-order valence-electron chi connectivity index (χ0n) is 15.2. The van der Waals surface area contributed by atoms with Crippen LogP contribution in [0.5, 0.6) is 0 Å². The van der Waals surface area contributed by atoms with E-state index in [0.717, 1.165) is 34.9 Å². The van der Waals surface area contributed by atoms with Crippen LogP contribution < -0.4 is 0 Å². The monoisotopic (exact) mass is 377 g/mol. The molecule has 0 saturated carbocycles. The summed E-state index contributed by atoms with van der Waals surface area (Å²) >= 11 is 6.09. The number of H-pyrrole nitrogens is 1. The van der Waals surface area contributed by atoms with Gasteiger partial charge in [0.1, 0.15) is 5.82 Å². The molecule has 0 amide bonds. The van der Waals surface area contributed by atoms with Gasteiger partial charge in [-0.15, -0.1) is 0 Å². The van der Waals surface area contributed by atoms with Gasteiger partial charge in [-0.1, -0.05) is 31.5 Å². The third-order valence-corrected chi connectivity index (χ3v) is 4.86. The molecule has 0 spiro atoms. The molecule has 0 aliphatic carbocycles. The van der Waals surface area contributed by atoms with Crippen LogP contribution in [0.25, 0.3) is 17.1 Å². The summed E-state index contributed by atoms with van der Waals surface area (Å²) in [5.41, 5.74) is 3.98. The second-order valence-corrected chi connectivity index (χ2v) is 7.63. The molecule has 0 fully saturated rings. The Kier molecular flexibility index (Phi) is 4.54. The van der Waals surface area contributed by atoms with Crippen molar-refractivity contribution >= 4 is 11.6 Å². The van der Waals surface area contributed by atoms with Crippen LogP contribution in [0.1, 0.15) is 25.2 Å². The van der Waals surface area contributed by atoms with Crippen LogP contribution in [0.4, 0.5) is 0 Å². The fourth-order valence-electron chi connectivity index (χ4n) is 3.10. The van der Waals surface area contributed by atoms with E-state index in [1.54, 1.807) is 12.4 Å². The Labute approximate surface area is 163 Å². The van der Waals surface area contributed by atoms with Crippen LogP contribution in [-0.2, 0) is 11.8 Å². The fraction of sp³-hybridized carbons (Fsp3) is 0.190. The average Bonchev–Trinajstić information content (AvgIpc) is 3.32. The number of nitrogens with zero attached hydrogens (tertiary/aromatic N) is 4. The molecule has 0 saturated heterocycles. The maximum Gasteiger partial charge on any atom is 0.137 e. The number of aromatic nitrogens is 5. The predicted octanol–water partition coefficient (Wildman–Crippen LogP) is 4.83. The first kappa shape index (κ1) is 17.5. The van der Waals surface area contributed by atoms with Crippen molar-refractivity contribution in [1.82, 2.24) is 24.5 Å². The molecule has 0 radical (unpaired) electrons. The highest BCUT2D eigenvalue weighted by atomic mass is 35.5. The molecule has 5 nitrogen and oxygen atoms in total. The highest BCUT2D eigenvalue weighted by Gasteiger charge is 2.25. The van der Waals surface area contributed by atoms with Crippen molar-refractivity contribution in [2.75, 3.05) is 0 Å². The lowest BCUT2D eigenvalue weighted by atomic mass is 9.85. The first-order valence-electron chi connectivity index (χ1n) is 8.76. The van der Waals surface area contributed by atoms with Gasteiger partial charge in [0.15, 0.2) is 0 Å². The fourth-order valence-corrected chi connectivity index (χ4v) is 3.29. The topological polar surface area (TPSA) is 59.4 Å². The summed E-state index contributed by atoms with van der Waals surface area (Å²) in [6.45, 7) is 4.38. The van der Waals surface area contributed by atoms with Gasteiger partial charge in [0.2, 0.25) is 0 Å². The highest BCUT2D eigenvalue weighted by Crippen LogP contribution is 2.28. The number of aromatic amines is 1. The van der Waals surface area contributed by atoms with Gasteiger partial charge in [0.05, 0.1) is 12.0 Å². The summed E-state index contributed by atoms with van der Waals surface area (Å²) in [5.74, 6) is 0.852. The first-order valence-corrected chi connectivity index (χ1v) is 9.14. The smallest absolute Gasteiger partial charge is 0.137 e. The zero-order valence-corrected chi connectivity index (χ0v) is 16.0. The van der Waals surface area contributed by atoms with Crippen molar-refractivity contribution in [2.24, 2.45) is 0 Å². The van der Waals surface area contributed by atoms with Gasteiger partial charge < -0.3 is 9.55 Å². The minimum atomic E-state index is -0.133. The molecule has 4 aromatic rings. The lowest BCUT2D eigenvalue weighted by molar-refractivity contribution is 0.502. The molecule has 0 unspecified atom stereocenters. The van der Waals surface area contributed by atoms with Gasteiger partial charge in [-0.2, -0.15) is 0 Å². The molecule has 6 heteroatoms. The van der Waals surface area contributed by atoms with E-state index in [4.69, 9.17) is 11.6 Å². The largest absolute Gasteiger partial charge is 0.341 e. The summed E-state index contributed by atoms with van der Waals surface area (Å²) in [6, 6.07) is 11.6. The molecule has 0 aliphatic rings. The predicted molar refractivity (Wildman–Crippen MR) is 107 cm³/mol. The van der Waals surface area contributed by atoms with E-state index in [1.807, 2.05) is 59.7 Å². The summed E-state index contributed by atoms with van der Waals surface area (Å²) in [5, 5.41) is 0.712. The lowest BCUT2D eigenvalue weighted by Gasteiger charge is -2.21. The van der Waals surface area contributed by atoms with E-state index in [9.17, 15) is 0 Å². The van der Waals surface area contributed by atoms with Crippen molar-refractivity contribution in [3.05, 3.63) is 83.9 Å². The van der Waals surface area contributed by atoms with Crippen molar-refractivity contribution in [2.45, 2.75) is 25.7 Å². The molecule has 1 N–H and O–H groups in total. The molecule has 3 heterocycles. The van der Waals surface area contributed by atoms with Crippen LogP contribution in [0.15, 0.2) is 67.5 Å². The average molecular weight is 378 g/mol. The van der Waals surface area contributed by atoms with E-state index in [1.165, 1.54) is 0 Å². The molecule has 0 bridgehead atoms. The van der Waals surface area contributed by atoms with E-state index in [2.05, 4.69) is 33.8 Å². The molecular formula is C21H20ClN5. The molecule has 27 heavy (non-hydrogen) atoms. The van der Waals surface area contributed by atoms with Gasteiger partial charge in [-0.25, -0.2) is 9.97 Å². The van der Waals surface area contributed by atoms with Crippen LogP contribution in [0, 0.1) is 0 Å². The van der Waals surface area contributed by atoms with Crippen LogP contribution in [0.3, 0.4) is 0 Å². The minimum Gasteiger partial charge on any atom is -0.341 e. The van der Waals surface area contributed by atoms with Gasteiger partial charge in [-0.05, 0) is 30.3 Å². The lowest BCUT2D eigenvalue weighted by Crippen LogP contribution is -2.21. The quantitative estimate of drug-likeness (QED) is 0.541. The molecular weight excluding hydrogens is 358 g/mol. The number of nitrogens with one attached hydrogen (secondary N) is 1. The van der Waals surface area contributed by atoms with Crippen LogP contribution >= 0.6 is 11.6 Å². The first-order chi connectivity index (χ1) is 13.0. The third kappa shape index (κ3) is 3.78. The highest BCUT2D eigenvalue weighted by molar-refractivity contribution is 6.30. The second kappa shape index (κ2) is 7.00. The Hall–Kier alpha value is -2.92. The Morgan fingerprint density at radius 2 is 1.93 bits per heavy atom. The molecule has 1 aromatic carbocycles. The Morgan fingerprint density at radius 1 is 1.11 bits per heavy atom. The van der Waals surface area contributed by atoms with Gasteiger partial charge in [0.25, 0.3) is 0 Å². The van der Waals surface area contributed by atoms with Crippen molar-refractivity contribution < 1.29 is 0 Å². The maximum atomic E-state index is 6.09. The normalized spacial score (nSPS) is 11.7. The van der Waals surface area contributed by atoms with Crippen LogP contribution in [-0.4, -0.2) is 24.5 Å². The van der Waals surface area contributed by atoms with Gasteiger partial charge in [0, 0.05) is 58.6 Å². The Morgan fingerprint density at radius 3 is 2.70 bits per heavy atom. The molecule has 3 aromatic heterocycles. The number of hydrogen-bond donors (Lipinski definition) is 1. The number of halogens is 1. The van der Waals surface area contributed by atoms with Gasteiger partial charge in [-0.3, -0.25) is 4.98 Å². The molecule has 136 valence electrons. The number of benzene rings is 1. The van der Waals surface area contributed by atoms with Crippen LogP contribution in [0.2, 0.25) is 5.02 Å². The summed E-state index contributed by atoms with van der Waals surface area (Å²) < 4.78 is 1.99. The van der Waals surface area contributed by atoms with E-state index < -0.39 is 0 Å². The summed E-state index contributed by atoms with van der Waals surface area (Å²) in [7, 11) is 0. The van der Waals surface area contributed by atoms with Crippen molar-refractivity contribution in [3.63, 3.8) is 0 Å². The zero-order chi connectivity index (χ0) is 18.9. The number of pyridine rings is 1. The summed E-state index contributed by atoms with van der Waals surface area (Å²) in [4.78, 5) is 16.6. The Balaban J connectivity index is 1.55. The second-order valence-electron chi connectivity index (χ2n) is 7.19. The maximum absolute atomic E-state index is 6.09. The Bertz CT molecular complexity index is 1050. The number of hydrogen-bond acceptors (Lipinski definition) is 3. The molecule has 4 rings (SSSR count). The molecule has 0 atom stereocenters. The number of imidazole rings is 2. The van der Waals surface area contributed by atoms with Crippen molar-refractivity contribution in [1.29, 1.82) is 0 Å².